The third-order valence-electron chi connectivity index (χ3n) is 5.01. The predicted molar refractivity (Wildman–Crippen MR) is 90.9 cm³/mol. The molecule has 0 N–H and O–H groups in total. The molecule has 0 saturated carbocycles. The van der Waals surface area contributed by atoms with Crippen LogP contribution in [-0.2, 0) is 21.2 Å². The van der Waals surface area contributed by atoms with E-state index in [1.165, 1.54) is 9.87 Å². The van der Waals surface area contributed by atoms with Crippen LogP contribution >= 0.6 is 0 Å². The van der Waals surface area contributed by atoms with E-state index >= 15 is 0 Å². The van der Waals surface area contributed by atoms with Crippen molar-refractivity contribution >= 4 is 21.6 Å². The van der Waals surface area contributed by atoms with Gasteiger partial charge in [0.05, 0.1) is 5.75 Å². The summed E-state index contributed by atoms with van der Waals surface area (Å²) < 4.78 is 25.4. The maximum Gasteiger partial charge on any atom is 0.230 e. The molecule has 2 heterocycles. The molecule has 126 valence electrons. The Morgan fingerprint density at radius 1 is 1.22 bits per heavy atom. The van der Waals surface area contributed by atoms with Gasteiger partial charge < -0.3 is 4.90 Å². The van der Waals surface area contributed by atoms with Gasteiger partial charge >= 0.3 is 0 Å². The third-order valence-corrected chi connectivity index (χ3v) is 6.89. The van der Waals surface area contributed by atoms with Crippen molar-refractivity contribution in [2.45, 2.75) is 39.2 Å². The highest BCUT2D eigenvalue weighted by molar-refractivity contribution is 7.89. The number of piperidine rings is 1. The summed E-state index contributed by atoms with van der Waals surface area (Å²) >= 11 is 0. The number of carbonyl (C=O) groups excluding carboxylic acids is 1. The van der Waals surface area contributed by atoms with E-state index in [-0.39, 0.29) is 23.6 Å². The van der Waals surface area contributed by atoms with Gasteiger partial charge in [-0.15, -0.1) is 0 Å². The number of sulfonamides is 1. The second-order valence-electron chi connectivity index (χ2n) is 6.46. The second-order valence-corrected chi connectivity index (χ2v) is 8.72. The summed E-state index contributed by atoms with van der Waals surface area (Å²) in [7, 11) is -3.14. The Morgan fingerprint density at radius 3 is 2.52 bits per heavy atom. The zero-order valence-corrected chi connectivity index (χ0v) is 14.6. The molecule has 3 rings (SSSR count). The fraction of sp³-hybridized carbons (Fsp3) is 0.588. The molecule has 0 aromatic heterocycles. The summed E-state index contributed by atoms with van der Waals surface area (Å²) in [4.78, 5) is 14.9. The lowest BCUT2D eigenvalue weighted by Gasteiger charge is -2.33. The fourth-order valence-corrected chi connectivity index (χ4v) is 4.79. The monoisotopic (exact) mass is 336 g/mol. The highest BCUT2D eigenvalue weighted by atomic mass is 32.2. The molecule has 1 saturated heterocycles. The topological polar surface area (TPSA) is 57.7 Å². The number of nitrogens with zero attached hydrogens (tertiary/aromatic N) is 2. The minimum Gasteiger partial charge on any atom is -0.309 e. The van der Waals surface area contributed by atoms with Crippen molar-refractivity contribution in [1.29, 1.82) is 0 Å². The first-order chi connectivity index (χ1) is 10.9. The van der Waals surface area contributed by atoms with Crippen LogP contribution in [0.4, 0.5) is 5.69 Å². The number of anilines is 1. The molecule has 1 atom stereocenters. The van der Waals surface area contributed by atoms with Crippen LogP contribution in [0, 0.1) is 5.92 Å². The molecule has 1 amide bonds. The van der Waals surface area contributed by atoms with Crippen molar-refractivity contribution in [2.24, 2.45) is 5.92 Å². The zero-order valence-electron chi connectivity index (χ0n) is 13.7. The lowest BCUT2D eigenvalue weighted by Crippen LogP contribution is -2.46. The van der Waals surface area contributed by atoms with Crippen LogP contribution in [0.1, 0.15) is 32.3 Å². The molecule has 0 spiro atoms. The lowest BCUT2D eigenvalue weighted by molar-refractivity contribution is -0.123. The van der Waals surface area contributed by atoms with Crippen LogP contribution < -0.4 is 4.90 Å². The lowest BCUT2D eigenvalue weighted by atomic mass is 9.96. The average molecular weight is 336 g/mol. The van der Waals surface area contributed by atoms with Crippen molar-refractivity contribution in [1.82, 2.24) is 4.31 Å². The normalized spacial score (nSPS) is 23.0. The van der Waals surface area contributed by atoms with Crippen molar-refractivity contribution in [3.8, 4) is 0 Å². The van der Waals surface area contributed by atoms with Gasteiger partial charge in [0.15, 0.2) is 0 Å². The molecular weight excluding hydrogens is 312 g/mol. The number of amides is 1. The van der Waals surface area contributed by atoms with Gasteiger partial charge in [-0.05, 0) is 44.7 Å². The minimum atomic E-state index is -3.14. The van der Waals surface area contributed by atoms with E-state index in [0.29, 0.717) is 25.9 Å². The maximum absolute atomic E-state index is 13.0. The van der Waals surface area contributed by atoms with Crippen molar-refractivity contribution in [2.75, 3.05) is 23.7 Å². The van der Waals surface area contributed by atoms with Crippen LogP contribution in [0.2, 0.25) is 0 Å². The Balaban J connectivity index is 1.71. The van der Waals surface area contributed by atoms with E-state index in [2.05, 4.69) is 13.0 Å². The first kappa shape index (κ1) is 16.5. The summed E-state index contributed by atoms with van der Waals surface area (Å²) in [5.74, 6) is 0.199. The van der Waals surface area contributed by atoms with E-state index in [4.69, 9.17) is 0 Å². The molecule has 0 bridgehead atoms. The Morgan fingerprint density at radius 2 is 1.87 bits per heavy atom. The Hall–Kier alpha value is -1.40. The number of hydrogen-bond donors (Lipinski definition) is 0. The molecule has 0 radical (unpaired) electrons. The van der Waals surface area contributed by atoms with E-state index < -0.39 is 10.0 Å². The number of benzene rings is 1. The van der Waals surface area contributed by atoms with Gasteiger partial charge in [-0.3, -0.25) is 4.79 Å². The van der Waals surface area contributed by atoms with E-state index in [0.717, 1.165) is 12.1 Å². The van der Waals surface area contributed by atoms with Crippen molar-refractivity contribution in [3.05, 3.63) is 29.8 Å². The fourth-order valence-electron chi connectivity index (χ4n) is 3.66. The number of para-hydroxylation sites is 1. The highest BCUT2D eigenvalue weighted by Crippen LogP contribution is 2.34. The summed E-state index contributed by atoms with van der Waals surface area (Å²) in [6.45, 7) is 4.65. The largest absolute Gasteiger partial charge is 0.309 e. The van der Waals surface area contributed by atoms with Crippen molar-refractivity contribution in [3.63, 3.8) is 0 Å². The molecule has 0 unspecified atom stereocenters. The van der Waals surface area contributed by atoms with Gasteiger partial charge in [-0.1, -0.05) is 18.2 Å². The van der Waals surface area contributed by atoms with E-state index in [1.54, 1.807) is 6.92 Å². The molecule has 5 nitrogen and oxygen atoms in total. The Bertz CT molecular complexity index is 694. The molecule has 1 aromatic carbocycles. The standard InChI is InChI=1S/C17H24N2O3S/c1-3-23(21,22)18-10-8-14(9-11-18)17(20)19-13(2)12-15-6-4-5-7-16(15)19/h4-7,13-14H,3,8-12H2,1-2H3/t13-/m0/s1. The highest BCUT2D eigenvalue weighted by Gasteiger charge is 2.37. The molecule has 1 fully saturated rings. The first-order valence-electron chi connectivity index (χ1n) is 8.33. The SMILES string of the molecule is CCS(=O)(=O)N1CCC(C(=O)N2c3ccccc3C[C@@H]2C)CC1. The van der Waals surface area contributed by atoms with E-state index in [9.17, 15) is 13.2 Å². The quantitative estimate of drug-likeness (QED) is 0.848. The predicted octanol–water partition coefficient (Wildman–Crippen LogP) is 2.03. The number of carbonyl (C=O) groups is 1. The average Bonchev–Trinajstić information content (AvgIpc) is 2.90. The maximum atomic E-state index is 13.0. The van der Waals surface area contributed by atoms with Gasteiger partial charge in [-0.2, -0.15) is 0 Å². The van der Waals surface area contributed by atoms with E-state index in [1.807, 2.05) is 23.1 Å². The Kier molecular flexibility index (Phi) is 4.47. The zero-order chi connectivity index (χ0) is 16.6. The summed E-state index contributed by atoms with van der Waals surface area (Å²) in [6, 6.07) is 8.24. The summed E-state index contributed by atoms with van der Waals surface area (Å²) in [5, 5.41) is 0. The molecule has 0 aliphatic carbocycles. The van der Waals surface area contributed by atoms with Crippen LogP contribution in [0.25, 0.3) is 0 Å². The van der Waals surface area contributed by atoms with Gasteiger partial charge in [0, 0.05) is 30.7 Å². The van der Waals surface area contributed by atoms with Crippen LogP contribution in [0.3, 0.4) is 0 Å². The molecular formula is C17H24N2O3S. The first-order valence-corrected chi connectivity index (χ1v) is 9.93. The molecule has 6 heteroatoms. The smallest absolute Gasteiger partial charge is 0.230 e. The number of rotatable bonds is 3. The third kappa shape index (κ3) is 3.02. The van der Waals surface area contributed by atoms with Crippen LogP contribution in [0.15, 0.2) is 24.3 Å². The Labute approximate surface area is 138 Å². The minimum absolute atomic E-state index is 0.0769. The number of fused-ring (bicyclic) bond motifs is 1. The summed E-state index contributed by atoms with van der Waals surface area (Å²) in [5.41, 5.74) is 2.24. The van der Waals surface area contributed by atoms with Gasteiger partial charge in [0.1, 0.15) is 0 Å². The summed E-state index contributed by atoms with van der Waals surface area (Å²) in [6.07, 6.45) is 2.12. The van der Waals surface area contributed by atoms with Crippen LogP contribution in [0.5, 0.6) is 0 Å². The van der Waals surface area contributed by atoms with Crippen molar-refractivity contribution < 1.29 is 13.2 Å². The molecule has 1 aromatic rings. The molecule has 2 aliphatic heterocycles. The molecule has 23 heavy (non-hydrogen) atoms. The van der Waals surface area contributed by atoms with Gasteiger partial charge in [0.25, 0.3) is 0 Å². The molecule has 2 aliphatic rings. The van der Waals surface area contributed by atoms with Crippen LogP contribution in [-0.4, -0.2) is 43.5 Å². The second kappa shape index (κ2) is 6.24. The van der Waals surface area contributed by atoms with Gasteiger partial charge in [0.2, 0.25) is 15.9 Å². The van der Waals surface area contributed by atoms with Gasteiger partial charge in [-0.25, -0.2) is 12.7 Å². The number of hydrogen-bond acceptors (Lipinski definition) is 3.